The molecule has 0 aliphatic rings. The number of nitrogens with two attached hydrogens (primary N) is 1. The van der Waals surface area contributed by atoms with Crippen LogP contribution in [0.1, 0.15) is 5.56 Å². The van der Waals surface area contributed by atoms with Gasteiger partial charge in [0.2, 0.25) is 11.1 Å². The van der Waals surface area contributed by atoms with Crippen LogP contribution in [0.2, 0.25) is 0 Å². The van der Waals surface area contributed by atoms with Crippen LogP contribution in [0.15, 0.2) is 46.3 Å². The Labute approximate surface area is 136 Å². The van der Waals surface area contributed by atoms with Crippen LogP contribution >= 0.6 is 11.8 Å². The van der Waals surface area contributed by atoms with Crippen LogP contribution < -0.4 is 11.2 Å². The van der Waals surface area contributed by atoms with Crippen molar-refractivity contribution in [2.24, 2.45) is 0 Å². The maximum Gasteiger partial charge on any atom is 0.236 e. The first kappa shape index (κ1) is 15.1. The highest BCUT2D eigenvalue weighted by atomic mass is 32.2. The van der Waals surface area contributed by atoms with Crippen molar-refractivity contribution >= 4 is 23.5 Å². The zero-order valence-electron chi connectivity index (χ0n) is 12.3. The first-order chi connectivity index (χ1) is 11.1. The van der Waals surface area contributed by atoms with Gasteiger partial charge < -0.3 is 15.7 Å². The normalized spacial score (nSPS) is 10.7. The van der Waals surface area contributed by atoms with Gasteiger partial charge in [0.05, 0.1) is 5.75 Å². The lowest BCUT2D eigenvalue weighted by molar-refractivity contribution is -0.113. The molecule has 1 amide bonds. The lowest BCUT2D eigenvalue weighted by atomic mass is 10.1. The molecule has 2 heterocycles. The average Bonchev–Trinajstić information content (AvgIpc) is 3.16. The van der Waals surface area contributed by atoms with E-state index in [0.29, 0.717) is 16.8 Å². The Bertz CT molecular complexity index is 797. The maximum atomic E-state index is 11.8. The van der Waals surface area contributed by atoms with E-state index in [1.54, 1.807) is 6.07 Å². The summed E-state index contributed by atoms with van der Waals surface area (Å²) < 4.78 is 6.01. The molecule has 3 rings (SSSR count). The third kappa shape index (κ3) is 3.51. The van der Waals surface area contributed by atoms with Gasteiger partial charge in [-0.25, -0.2) is 4.68 Å². The predicted molar refractivity (Wildman–Crippen MR) is 86.2 cm³/mol. The van der Waals surface area contributed by atoms with Crippen molar-refractivity contribution in [3.63, 3.8) is 0 Å². The second kappa shape index (κ2) is 6.53. The molecule has 1 aromatic carbocycles. The number of nitrogens with one attached hydrogen (secondary N) is 1. The molecule has 23 heavy (non-hydrogen) atoms. The topological polar surface area (TPSA) is 112 Å². The molecule has 0 fully saturated rings. The fourth-order valence-electron chi connectivity index (χ4n) is 1.86. The molecule has 3 aromatic rings. The third-order valence-electron chi connectivity index (χ3n) is 3.01. The van der Waals surface area contributed by atoms with Gasteiger partial charge in [0, 0.05) is 11.6 Å². The molecular weight excluding hydrogens is 316 g/mol. The molecule has 0 aliphatic carbocycles. The second-order valence-corrected chi connectivity index (χ2v) is 5.71. The highest BCUT2D eigenvalue weighted by Crippen LogP contribution is 2.21. The highest BCUT2D eigenvalue weighted by Gasteiger charge is 2.14. The summed E-state index contributed by atoms with van der Waals surface area (Å²) in [4.78, 5) is 11.8. The molecule has 0 bridgehead atoms. The van der Waals surface area contributed by atoms with E-state index in [1.807, 2.05) is 31.2 Å². The fourth-order valence-corrected chi connectivity index (χ4v) is 2.52. The minimum Gasteiger partial charge on any atom is -0.363 e. The number of aromatic nitrogens is 4. The summed E-state index contributed by atoms with van der Waals surface area (Å²) in [5.74, 6) is 6.82. The molecule has 0 saturated heterocycles. The molecule has 9 heteroatoms. The molecule has 0 aliphatic heterocycles. The van der Waals surface area contributed by atoms with Crippen molar-refractivity contribution in [2.45, 2.75) is 12.1 Å². The highest BCUT2D eigenvalue weighted by molar-refractivity contribution is 7.99. The van der Waals surface area contributed by atoms with E-state index in [1.165, 1.54) is 22.7 Å². The monoisotopic (exact) mass is 330 g/mol. The Kier molecular flexibility index (Phi) is 4.29. The number of rotatable bonds is 5. The Morgan fingerprint density at radius 3 is 2.78 bits per heavy atom. The molecular formula is C14H14N6O2S. The third-order valence-corrected chi connectivity index (χ3v) is 3.96. The number of nitrogens with zero attached hydrogens (tertiary/aromatic N) is 4. The Hall–Kier alpha value is -2.81. The maximum absolute atomic E-state index is 11.8. The second-order valence-electron chi connectivity index (χ2n) is 4.76. The van der Waals surface area contributed by atoms with Crippen LogP contribution in [0.5, 0.6) is 0 Å². The number of thioether (sulfide) groups is 1. The number of carbonyl (C=O) groups is 1. The largest absolute Gasteiger partial charge is 0.363 e. The van der Waals surface area contributed by atoms with Gasteiger partial charge in [0.25, 0.3) is 0 Å². The molecule has 118 valence electrons. The predicted octanol–water partition coefficient (Wildman–Crippen LogP) is 1.69. The number of anilines is 1. The van der Waals surface area contributed by atoms with Gasteiger partial charge in [-0.3, -0.25) is 4.79 Å². The smallest absolute Gasteiger partial charge is 0.236 e. The van der Waals surface area contributed by atoms with Gasteiger partial charge in [-0.05, 0) is 6.92 Å². The van der Waals surface area contributed by atoms with Crippen LogP contribution in [0.3, 0.4) is 0 Å². The molecule has 0 radical (unpaired) electrons. The van der Waals surface area contributed by atoms with E-state index in [2.05, 4.69) is 25.2 Å². The van der Waals surface area contributed by atoms with Crippen LogP contribution in [0.4, 0.5) is 5.82 Å². The summed E-state index contributed by atoms with van der Waals surface area (Å²) in [5.41, 5.74) is 2.01. The summed E-state index contributed by atoms with van der Waals surface area (Å²) in [6.45, 7) is 2.01. The average molecular weight is 330 g/mol. The Balaban J connectivity index is 1.65. The zero-order valence-corrected chi connectivity index (χ0v) is 13.1. The lowest BCUT2D eigenvalue weighted by Gasteiger charge is -2.04. The van der Waals surface area contributed by atoms with E-state index in [0.717, 1.165) is 11.1 Å². The van der Waals surface area contributed by atoms with E-state index in [4.69, 9.17) is 5.84 Å². The summed E-state index contributed by atoms with van der Waals surface area (Å²) in [5, 5.41) is 14.8. The fraction of sp³-hybridized carbons (Fsp3) is 0.143. The molecule has 8 nitrogen and oxygen atoms in total. The summed E-state index contributed by atoms with van der Waals surface area (Å²) in [6.07, 6.45) is 1.38. The molecule has 0 unspecified atom stereocenters. The molecule has 0 saturated carbocycles. The van der Waals surface area contributed by atoms with E-state index in [9.17, 15) is 4.79 Å². The number of benzene rings is 1. The minimum absolute atomic E-state index is 0.135. The van der Waals surface area contributed by atoms with Crippen LogP contribution in [0, 0.1) is 6.92 Å². The lowest BCUT2D eigenvalue weighted by Crippen LogP contribution is -2.16. The summed E-state index contributed by atoms with van der Waals surface area (Å²) >= 11 is 1.19. The van der Waals surface area contributed by atoms with Gasteiger partial charge in [0.15, 0.2) is 11.6 Å². The number of hydrogen-bond donors (Lipinski definition) is 2. The SMILES string of the molecule is Cc1ccc(-c2nnc(SCC(=O)Nc3ccon3)n2N)cc1. The summed E-state index contributed by atoms with van der Waals surface area (Å²) in [7, 11) is 0. The van der Waals surface area contributed by atoms with Gasteiger partial charge in [0.1, 0.15) is 6.26 Å². The van der Waals surface area contributed by atoms with Crippen molar-refractivity contribution in [3.8, 4) is 11.4 Å². The van der Waals surface area contributed by atoms with Crippen molar-refractivity contribution < 1.29 is 9.32 Å². The number of carbonyl (C=O) groups excluding carboxylic acids is 1. The van der Waals surface area contributed by atoms with Crippen molar-refractivity contribution in [1.82, 2.24) is 20.0 Å². The minimum atomic E-state index is -0.233. The van der Waals surface area contributed by atoms with Crippen LogP contribution in [-0.4, -0.2) is 31.7 Å². The van der Waals surface area contributed by atoms with Crippen LogP contribution in [0.25, 0.3) is 11.4 Å². The molecule has 3 N–H and O–H groups in total. The van der Waals surface area contributed by atoms with E-state index >= 15 is 0 Å². The summed E-state index contributed by atoms with van der Waals surface area (Å²) in [6, 6.07) is 9.36. The van der Waals surface area contributed by atoms with Crippen molar-refractivity contribution in [1.29, 1.82) is 0 Å². The quantitative estimate of drug-likeness (QED) is 0.540. The van der Waals surface area contributed by atoms with Crippen molar-refractivity contribution in [2.75, 3.05) is 16.9 Å². The van der Waals surface area contributed by atoms with E-state index < -0.39 is 0 Å². The van der Waals surface area contributed by atoms with Crippen molar-refractivity contribution in [3.05, 3.63) is 42.2 Å². The van der Waals surface area contributed by atoms with Gasteiger partial charge in [-0.15, -0.1) is 10.2 Å². The Morgan fingerprint density at radius 1 is 1.30 bits per heavy atom. The van der Waals surface area contributed by atoms with Gasteiger partial charge >= 0.3 is 0 Å². The van der Waals surface area contributed by atoms with Gasteiger partial charge in [-0.2, -0.15) is 0 Å². The number of amides is 1. The molecule has 2 aromatic heterocycles. The standard InChI is InChI=1S/C14H14N6O2S/c1-9-2-4-10(5-3-9)13-17-18-14(20(13)15)23-8-12(21)16-11-6-7-22-19-11/h2-7H,8,15H2,1H3,(H,16,19,21). The van der Waals surface area contributed by atoms with Gasteiger partial charge in [-0.1, -0.05) is 46.7 Å². The molecule has 0 spiro atoms. The number of aryl methyl sites for hydroxylation is 1. The zero-order chi connectivity index (χ0) is 16.2. The number of nitrogen functional groups attached to an aromatic ring is 1. The van der Waals surface area contributed by atoms with Crippen LogP contribution in [-0.2, 0) is 4.79 Å². The Morgan fingerprint density at radius 2 is 2.09 bits per heavy atom. The molecule has 0 atom stereocenters. The van der Waals surface area contributed by atoms with E-state index in [-0.39, 0.29) is 11.7 Å². The number of hydrogen-bond acceptors (Lipinski definition) is 7. The first-order valence-electron chi connectivity index (χ1n) is 6.74. The first-order valence-corrected chi connectivity index (χ1v) is 7.72.